The van der Waals surface area contributed by atoms with Crippen LogP contribution in [0.5, 0.6) is 17.4 Å². The first-order valence-corrected chi connectivity index (χ1v) is 9.93. The minimum atomic E-state index is -1.05. The van der Waals surface area contributed by atoms with Crippen molar-refractivity contribution in [3.63, 3.8) is 0 Å². The van der Waals surface area contributed by atoms with E-state index in [1.807, 2.05) is 0 Å². The van der Waals surface area contributed by atoms with Crippen LogP contribution < -0.4 is 20.7 Å². The van der Waals surface area contributed by atoms with E-state index in [0.717, 1.165) is 22.8 Å². The largest absolute Gasteiger partial charge is 0.463 e. The Morgan fingerprint density at radius 3 is 2.67 bits per heavy atom. The smallest absolute Gasteiger partial charge is 0.344 e. The lowest BCUT2D eigenvalue weighted by Crippen LogP contribution is -2.39. The highest BCUT2D eigenvalue weighted by Crippen LogP contribution is 2.35. The molecule has 0 radical (unpaired) electrons. The van der Waals surface area contributed by atoms with Gasteiger partial charge in [0.15, 0.2) is 12.4 Å². The molecule has 9 nitrogen and oxygen atoms in total. The molecule has 0 fully saturated rings. The van der Waals surface area contributed by atoms with Crippen molar-refractivity contribution in [2.75, 3.05) is 13.2 Å². The number of pyridine rings is 1. The van der Waals surface area contributed by atoms with E-state index < -0.39 is 42.0 Å². The molecule has 3 aromatic rings. The Hall–Kier alpha value is -3.73. The number of alkyl halides is 1. The second kappa shape index (κ2) is 10.3. The maximum absolute atomic E-state index is 14.7. The first-order chi connectivity index (χ1) is 15.8. The fraction of sp³-hybridized carbons (Fsp3) is 0.238. The Bertz CT molecular complexity index is 1310. The fourth-order valence-corrected chi connectivity index (χ4v) is 2.99. The van der Waals surface area contributed by atoms with E-state index in [4.69, 9.17) is 25.8 Å². The van der Waals surface area contributed by atoms with Crippen molar-refractivity contribution < 1.29 is 27.8 Å². The molecule has 0 saturated heterocycles. The Labute approximate surface area is 190 Å². The molecule has 0 atom stereocenters. The number of rotatable bonds is 8. The molecule has 33 heavy (non-hydrogen) atoms. The summed E-state index contributed by atoms with van der Waals surface area (Å²) in [6, 6.07) is 5.75. The molecule has 0 amide bonds. The zero-order valence-corrected chi connectivity index (χ0v) is 18.3. The minimum absolute atomic E-state index is 0.0225. The molecule has 2 aromatic heterocycles. The van der Waals surface area contributed by atoms with Gasteiger partial charge in [-0.25, -0.2) is 27.9 Å². The summed E-state index contributed by atoms with van der Waals surface area (Å²) < 4.78 is 44.9. The first-order valence-electron chi connectivity index (χ1n) is 9.55. The van der Waals surface area contributed by atoms with Gasteiger partial charge in [-0.2, -0.15) is 0 Å². The van der Waals surface area contributed by atoms with E-state index in [1.165, 1.54) is 25.4 Å². The number of ether oxygens (including phenoxy) is 3. The highest BCUT2D eigenvalue weighted by molar-refractivity contribution is 6.32. The third-order valence-electron chi connectivity index (χ3n) is 4.39. The number of hydrogen-bond acceptors (Lipinski definition) is 7. The van der Waals surface area contributed by atoms with Crippen molar-refractivity contribution in [2.24, 2.45) is 7.05 Å². The van der Waals surface area contributed by atoms with Gasteiger partial charge < -0.3 is 14.2 Å². The van der Waals surface area contributed by atoms with Crippen LogP contribution >= 0.6 is 11.6 Å². The lowest BCUT2D eigenvalue weighted by Gasteiger charge is -2.15. The van der Waals surface area contributed by atoms with E-state index in [0.29, 0.717) is 4.57 Å². The lowest BCUT2D eigenvalue weighted by molar-refractivity contribution is -0.145. The number of carbonyl (C=O) groups excluding carboxylic acids is 1. The molecule has 0 aliphatic rings. The Morgan fingerprint density at radius 2 is 1.97 bits per heavy atom. The molecular weight excluding hydrogens is 464 g/mol. The number of benzene rings is 1. The van der Waals surface area contributed by atoms with Crippen LogP contribution in [0.25, 0.3) is 5.69 Å². The molecule has 174 valence electrons. The average molecular weight is 482 g/mol. The zero-order chi connectivity index (χ0) is 24.1. The molecule has 1 aromatic carbocycles. The molecule has 0 bridgehead atoms. The molecule has 0 N–H and O–H groups in total. The maximum Gasteiger partial charge on any atom is 0.344 e. The highest BCUT2D eigenvalue weighted by atomic mass is 35.5. The topological polar surface area (TPSA) is 102 Å². The number of carbonyl (C=O) groups is 1. The van der Waals surface area contributed by atoms with Gasteiger partial charge in [0.25, 0.3) is 11.4 Å². The molecule has 0 spiro atoms. The van der Waals surface area contributed by atoms with E-state index in [-0.39, 0.29) is 34.7 Å². The standard InChI is InChI=1S/C21H18ClF2N3O6/c1-3-31-19(29)11-32-20-16(5-4-6-25-20)33-17-9-15(14(24)8-13(17)22)27-18(28)7-12(10-23)26(2)21(27)30/h4-9H,3,10-11H2,1-2H3. The summed E-state index contributed by atoms with van der Waals surface area (Å²) in [5.74, 6) is -1.79. The summed E-state index contributed by atoms with van der Waals surface area (Å²) in [6.07, 6.45) is 1.39. The van der Waals surface area contributed by atoms with E-state index >= 15 is 0 Å². The van der Waals surface area contributed by atoms with Crippen molar-refractivity contribution in [3.05, 3.63) is 73.9 Å². The van der Waals surface area contributed by atoms with Crippen LogP contribution in [0.3, 0.4) is 0 Å². The SMILES string of the molecule is CCOC(=O)COc1ncccc1Oc1cc(-n2c(=O)cc(CF)n(C)c2=O)c(F)cc1Cl. The van der Waals surface area contributed by atoms with Gasteiger partial charge in [0.1, 0.15) is 18.2 Å². The summed E-state index contributed by atoms with van der Waals surface area (Å²) in [6.45, 7) is 0.336. The second-order valence-corrected chi connectivity index (χ2v) is 6.93. The highest BCUT2D eigenvalue weighted by Gasteiger charge is 2.19. The molecule has 0 aliphatic heterocycles. The zero-order valence-electron chi connectivity index (χ0n) is 17.5. The Balaban J connectivity index is 2.02. The van der Waals surface area contributed by atoms with Crippen molar-refractivity contribution in [1.29, 1.82) is 0 Å². The average Bonchev–Trinajstić information content (AvgIpc) is 2.78. The monoisotopic (exact) mass is 481 g/mol. The number of nitrogens with zero attached hydrogens (tertiary/aromatic N) is 3. The Morgan fingerprint density at radius 1 is 1.21 bits per heavy atom. The molecule has 0 aliphatic carbocycles. The normalized spacial score (nSPS) is 10.7. The third-order valence-corrected chi connectivity index (χ3v) is 4.68. The quantitative estimate of drug-likeness (QED) is 0.456. The van der Waals surface area contributed by atoms with Gasteiger partial charge >= 0.3 is 11.7 Å². The summed E-state index contributed by atoms with van der Waals surface area (Å²) in [5.41, 5.74) is -2.51. The van der Waals surface area contributed by atoms with Crippen LogP contribution in [0.2, 0.25) is 5.02 Å². The molecule has 0 saturated carbocycles. The fourth-order valence-electron chi connectivity index (χ4n) is 2.80. The molecule has 0 unspecified atom stereocenters. The van der Waals surface area contributed by atoms with Gasteiger partial charge in [-0.1, -0.05) is 11.6 Å². The molecule has 2 heterocycles. The first kappa shape index (κ1) is 23.9. The summed E-state index contributed by atoms with van der Waals surface area (Å²) in [7, 11) is 1.25. The second-order valence-electron chi connectivity index (χ2n) is 6.52. The van der Waals surface area contributed by atoms with Crippen LogP contribution in [0.4, 0.5) is 8.78 Å². The number of halogens is 3. The van der Waals surface area contributed by atoms with Crippen molar-refractivity contribution in [1.82, 2.24) is 14.1 Å². The van der Waals surface area contributed by atoms with Gasteiger partial charge in [-0.3, -0.25) is 9.36 Å². The Kier molecular flexibility index (Phi) is 7.44. The molecule has 3 rings (SSSR count). The van der Waals surface area contributed by atoms with Crippen molar-refractivity contribution >= 4 is 17.6 Å². The predicted molar refractivity (Wildman–Crippen MR) is 113 cm³/mol. The number of hydrogen-bond donors (Lipinski definition) is 0. The van der Waals surface area contributed by atoms with Crippen LogP contribution in [0, 0.1) is 5.82 Å². The van der Waals surface area contributed by atoms with Gasteiger partial charge in [-0.15, -0.1) is 0 Å². The van der Waals surface area contributed by atoms with E-state index in [2.05, 4.69) is 4.98 Å². The number of aromatic nitrogens is 3. The maximum atomic E-state index is 14.7. The lowest BCUT2D eigenvalue weighted by atomic mass is 10.2. The molecule has 12 heteroatoms. The van der Waals surface area contributed by atoms with Gasteiger partial charge in [0.05, 0.1) is 23.0 Å². The van der Waals surface area contributed by atoms with E-state index in [9.17, 15) is 23.2 Å². The van der Waals surface area contributed by atoms with Gasteiger partial charge in [0, 0.05) is 25.4 Å². The summed E-state index contributed by atoms with van der Waals surface area (Å²) in [4.78, 5) is 40.5. The van der Waals surface area contributed by atoms with Gasteiger partial charge in [-0.05, 0) is 25.1 Å². The summed E-state index contributed by atoms with van der Waals surface area (Å²) in [5, 5.41) is -0.179. The van der Waals surface area contributed by atoms with Crippen LogP contribution in [0.15, 0.2) is 46.1 Å². The summed E-state index contributed by atoms with van der Waals surface area (Å²) >= 11 is 6.10. The van der Waals surface area contributed by atoms with Gasteiger partial charge in [0.2, 0.25) is 0 Å². The predicted octanol–water partition coefficient (Wildman–Crippen LogP) is 2.93. The number of esters is 1. The van der Waals surface area contributed by atoms with Crippen LogP contribution in [0.1, 0.15) is 12.6 Å². The van der Waals surface area contributed by atoms with Crippen LogP contribution in [-0.2, 0) is 23.3 Å². The molecular formula is C21H18ClF2N3O6. The van der Waals surface area contributed by atoms with Crippen molar-refractivity contribution in [2.45, 2.75) is 13.6 Å². The van der Waals surface area contributed by atoms with Crippen LogP contribution in [-0.4, -0.2) is 33.3 Å². The third kappa shape index (κ3) is 5.20. The van der Waals surface area contributed by atoms with E-state index in [1.54, 1.807) is 6.92 Å². The van der Waals surface area contributed by atoms with Crippen molar-refractivity contribution in [3.8, 4) is 23.1 Å². The minimum Gasteiger partial charge on any atom is -0.463 e.